The topological polar surface area (TPSA) is 46.3 Å². The van der Waals surface area contributed by atoms with Gasteiger partial charge in [-0.2, -0.15) is 0 Å². The van der Waals surface area contributed by atoms with E-state index in [0.29, 0.717) is 5.92 Å². The number of fused-ring (bicyclic) bond motifs is 1. The molecular weight excluding hydrogens is 276 g/mol. The Morgan fingerprint density at radius 1 is 1.37 bits per heavy atom. The van der Waals surface area contributed by atoms with Crippen molar-refractivity contribution in [3.63, 3.8) is 0 Å². The third kappa shape index (κ3) is 2.68. The van der Waals surface area contributed by atoms with E-state index < -0.39 is 0 Å². The first-order valence-electron chi connectivity index (χ1n) is 6.74. The molecule has 0 aliphatic carbocycles. The molecule has 0 saturated carbocycles. The molecule has 0 bridgehead atoms. The van der Waals surface area contributed by atoms with Crippen molar-refractivity contribution in [1.82, 2.24) is 4.90 Å². The Kier molecular flexibility index (Phi) is 3.86. The van der Waals surface area contributed by atoms with Gasteiger partial charge in [0.15, 0.2) is 0 Å². The molecule has 3 heterocycles. The summed E-state index contributed by atoms with van der Waals surface area (Å²) in [5.41, 5.74) is 5.60. The lowest BCUT2D eigenvalue weighted by molar-refractivity contribution is 0.0693. The van der Waals surface area contributed by atoms with Crippen molar-refractivity contribution >= 4 is 38.0 Å². The molecule has 19 heavy (non-hydrogen) atoms. The third-order valence-electron chi connectivity index (χ3n) is 3.83. The molecule has 1 aliphatic rings. The maximum atomic E-state index is 12.4. The van der Waals surface area contributed by atoms with Crippen LogP contribution in [-0.4, -0.2) is 30.4 Å². The van der Waals surface area contributed by atoms with Gasteiger partial charge in [0, 0.05) is 22.5 Å². The summed E-state index contributed by atoms with van der Waals surface area (Å²) >= 11 is 3.32. The molecular formula is C14H18N2OS2. The summed E-state index contributed by atoms with van der Waals surface area (Å²) in [6.45, 7) is 2.53. The van der Waals surface area contributed by atoms with E-state index in [4.69, 9.17) is 5.73 Å². The number of carbonyl (C=O) groups excluding carboxylic acids is 1. The second kappa shape index (κ2) is 5.61. The lowest BCUT2D eigenvalue weighted by Crippen LogP contribution is -2.38. The summed E-state index contributed by atoms with van der Waals surface area (Å²) in [6, 6.07) is 4.13. The molecule has 5 heteroatoms. The van der Waals surface area contributed by atoms with Crippen LogP contribution in [0.15, 0.2) is 17.5 Å². The van der Waals surface area contributed by atoms with Gasteiger partial charge in [-0.15, -0.1) is 22.7 Å². The van der Waals surface area contributed by atoms with Gasteiger partial charge >= 0.3 is 0 Å². The largest absolute Gasteiger partial charge is 0.338 e. The highest BCUT2D eigenvalue weighted by molar-refractivity contribution is 7.27. The van der Waals surface area contributed by atoms with E-state index in [2.05, 4.69) is 11.4 Å². The van der Waals surface area contributed by atoms with Crippen molar-refractivity contribution < 1.29 is 4.79 Å². The Balaban J connectivity index is 1.66. The molecule has 1 amide bonds. The fourth-order valence-corrected chi connectivity index (χ4v) is 4.76. The molecule has 3 nitrogen and oxygen atoms in total. The van der Waals surface area contributed by atoms with Gasteiger partial charge in [-0.05, 0) is 49.2 Å². The average molecular weight is 294 g/mol. The van der Waals surface area contributed by atoms with Crippen LogP contribution in [0.5, 0.6) is 0 Å². The predicted octanol–water partition coefficient (Wildman–Crippen LogP) is 3.16. The molecule has 0 radical (unpaired) electrons. The van der Waals surface area contributed by atoms with Gasteiger partial charge in [0.2, 0.25) is 0 Å². The number of likely N-dealkylation sites (tertiary alicyclic amines) is 1. The first-order valence-corrected chi connectivity index (χ1v) is 8.44. The lowest BCUT2D eigenvalue weighted by Gasteiger charge is -2.31. The number of amides is 1. The zero-order chi connectivity index (χ0) is 13.2. The highest BCUT2D eigenvalue weighted by atomic mass is 32.1. The number of carbonyl (C=O) groups is 1. The van der Waals surface area contributed by atoms with Crippen LogP contribution in [0.4, 0.5) is 0 Å². The van der Waals surface area contributed by atoms with E-state index in [0.717, 1.165) is 43.8 Å². The number of thiophene rings is 2. The van der Waals surface area contributed by atoms with Gasteiger partial charge < -0.3 is 10.6 Å². The smallest absolute Gasteiger partial charge is 0.263 e. The van der Waals surface area contributed by atoms with Crippen LogP contribution in [0.25, 0.3) is 9.40 Å². The van der Waals surface area contributed by atoms with Gasteiger partial charge in [0.05, 0.1) is 4.88 Å². The molecule has 1 aliphatic heterocycles. The van der Waals surface area contributed by atoms with E-state index in [1.807, 2.05) is 11.0 Å². The number of nitrogens with two attached hydrogens (primary N) is 1. The van der Waals surface area contributed by atoms with Crippen LogP contribution in [0, 0.1) is 5.92 Å². The van der Waals surface area contributed by atoms with Crippen LogP contribution >= 0.6 is 22.7 Å². The fourth-order valence-electron chi connectivity index (χ4n) is 2.69. The van der Waals surface area contributed by atoms with E-state index in [-0.39, 0.29) is 5.91 Å². The molecule has 2 N–H and O–H groups in total. The van der Waals surface area contributed by atoms with Crippen molar-refractivity contribution in [3.05, 3.63) is 22.4 Å². The second-order valence-corrected chi connectivity index (χ2v) is 7.10. The van der Waals surface area contributed by atoms with Crippen molar-refractivity contribution in [2.75, 3.05) is 19.6 Å². The third-order valence-corrected chi connectivity index (χ3v) is 5.91. The Morgan fingerprint density at radius 2 is 2.16 bits per heavy atom. The van der Waals surface area contributed by atoms with Crippen LogP contribution in [0.1, 0.15) is 28.9 Å². The van der Waals surface area contributed by atoms with Crippen LogP contribution < -0.4 is 5.73 Å². The van der Waals surface area contributed by atoms with Gasteiger partial charge in [0.25, 0.3) is 5.91 Å². The molecule has 0 spiro atoms. The highest BCUT2D eigenvalue weighted by Crippen LogP contribution is 2.31. The number of rotatable bonds is 3. The number of nitrogens with zero attached hydrogens (tertiary/aromatic N) is 1. The van der Waals surface area contributed by atoms with Gasteiger partial charge in [-0.1, -0.05) is 0 Å². The first-order chi connectivity index (χ1) is 9.28. The minimum absolute atomic E-state index is 0.208. The fraction of sp³-hybridized carbons (Fsp3) is 0.500. The van der Waals surface area contributed by atoms with E-state index in [1.165, 1.54) is 9.40 Å². The molecule has 102 valence electrons. The molecule has 3 rings (SSSR count). The van der Waals surface area contributed by atoms with E-state index in [1.54, 1.807) is 22.7 Å². The maximum absolute atomic E-state index is 12.4. The van der Waals surface area contributed by atoms with Crippen molar-refractivity contribution in [3.8, 4) is 0 Å². The van der Waals surface area contributed by atoms with Gasteiger partial charge in [0.1, 0.15) is 0 Å². The normalized spacial score (nSPS) is 17.2. The van der Waals surface area contributed by atoms with E-state index >= 15 is 0 Å². The molecule has 0 atom stereocenters. The minimum Gasteiger partial charge on any atom is -0.338 e. The average Bonchev–Trinajstić information content (AvgIpc) is 3.00. The summed E-state index contributed by atoms with van der Waals surface area (Å²) in [6.07, 6.45) is 3.29. The number of piperidine rings is 1. The number of hydrogen-bond donors (Lipinski definition) is 1. The first kappa shape index (κ1) is 13.1. The molecule has 1 saturated heterocycles. The van der Waals surface area contributed by atoms with Crippen LogP contribution in [-0.2, 0) is 0 Å². The zero-order valence-electron chi connectivity index (χ0n) is 10.8. The Labute approximate surface area is 121 Å². The van der Waals surface area contributed by atoms with Crippen molar-refractivity contribution in [1.29, 1.82) is 0 Å². The molecule has 1 fully saturated rings. The molecule has 0 unspecified atom stereocenters. The Bertz CT molecular complexity index is 538. The van der Waals surface area contributed by atoms with Crippen LogP contribution in [0.2, 0.25) is 0 Å². The minimum atomic E-state index is 0.208. The monoisotopic (exact) mass is 294 g/mol. The maximum Gasteiger partial charge on any atom is 0.263 e. The summed E-state index contributed by atoms with van der Waals surface area (Å²) < 4.78 is 2.46. The standard InChI is InChI=1S/C14H18N2OS2/c15-5-1-10-2-6-16(7-3-10)14(17)13-9-12-11(19-13)4-8-18-12/h4,8-10H,1-3,5-7,15H2. The number of hydrogen-bond acceptors (Lipinski definition) is 4. The van der Waals surface area contributed by atoms with E-state index in [9.17, 15) is 4.79 Å². The zero-order valence-corrected chi connectivity index (χ0v) is 12.4. The lowest BCUT2D eigenvalue weighted by atomic mass is 9.93. The van der Waals surface area contributed by atoms with Gasteiger partial charge in [-0.25, -0.2) is 0 Å². The molecule has 2 aromatic rings. The van der Waals surface area contributed by atoms with Crippen molar-refractivity contribution in [2.45, 2.75) is 19.3 Å². The van der Waals surface area contributed by atoms with Gasteiger partial charge in [-0.3, -0.25) is 4.79 Å². The van der Waals surface area contributed by atoms with Crippen LogP contribution in [0.3, 0.4) is 0 Å². The second-order valence-electron chi connectivity index (χ2n) is 5.07. The molecule has 0 aromatic carbocycles. The summed E-state index contributed by atoms with van der Waals surface area (Å²) in [4.78, 5) is 15.3. The highest BCUT2D eigenvalue weighted by Gasteiger charge is 2.24. The summed E-state index contributed by atoms with van der Waals surface area (Å²) in [5, 5.41) is 2.08. The summed E-state index contributed by atoms with van der Waals surface area (Å²) in [5.74, 6) is 0.917. The van der Waals surface area contributed by atoms with Crippen molar-refractivity contribution in [2.24, 2.45) is 11.7 Å². The molecule has 2 aromatic heterocycles. The quantitative estimate of drug-likeness (QED) is 0.945. The SMILES string of the molecule is NCCC1CCN(C(=O)c2cc3sccc3s2)CC1. The summed E-state index contributed by atoms with van der Waals surface area (Å²) in [7, 11) is 0. The Hall–Kier alpha value is -0.910. The Morgan fingerprint density at radius 3 is 2.84 bits per heavy atom. The predicted molar refractivity (Wildman–Crippen MR) is 82.0 cm³/mol.